The van der Waals surface area contributed by atoms with Crippen LogP contribution in [0.25, 0.3) is 0 Å². The predicted molar refractivity (Wildman–Crippen MR) is 71.3 cm³/mol. The third kappa shape index (κ3) is 3.54. The Bertz CT molecular complexity index is 400. The molecule has 1 aromatic carbocycles. The normalized spacial score (nSPS) is 18.2. The van der Waals surface area contributed by atoms with Crippen molar-refractivity contribution in [1.82, 2.24) is 4.90 Å². The number of hydrogen-bond acceptors (Lipinski definition) is 2. The second-order valence-electron chi connectivity index (χ2n) is 4.58. The number of amides is 1. The SMILES string of the molecule is NC(=O)C1CCN(Cc2cccc(Br)c2)CC1. The van der Waals surface area contributed by atoms with Crippen LogP contribution in [0.5, 0.6) is 0 Å². The molecule has 1 aromatic rings. The molecule has 1 heterocycles. The molecular formula is C13H17BrN2O. The average molecular weight is 297 g/mol. The molecule has 17 heavy (non-hydrogen) atoms. The summed E-state index contributed by atoms with van der Waals surface area (Å²) in [5.74, 6) is -0.0686. The van der Waals surface area contributed by atoms with Crippen molar-refractivity contribution in [2.24, 2.45) is 11.7 Å². The van der Waals surface area contributed by atoms with Gasteiger partial charge in [-0.15, -0.1) is 0 Å². The lowest BCUT2D eigenvalue weighted by Gasteiger charge is -2.30. The van der Waals surface area contributed by atoms with Gasteiger partial charge in [0.15, 0.2) is 0 Å². The maximum Gasteiger partial charge on any atom is 0.220 e. The summed E-state index contributed by atoms with van der Waals surface area (Å²) >= 11 is 3.48. The first-order valence-electron chi connectivity index (χ1n) is 5.91. The van der Waals surface area contributed by atoms with Crippen LogP contribution in [0.4, 0.5) is 0 Å². The summed E-state index contributed by atoms with van der Waals surface area (Å²) < 4.78 is 1.11. The van der Waals surface area contributed by atoms with Crippen molar-refractivity contribution in [3.63, 3.8) is 0 Å². The van der Waals surface area contributed by atoms with E-state index in [1.54, 1.807) is 0 Å². The third-order valence-electron chi connectivity index (χ3n) is 3.29. The molecule has 0 saturated carbocycles. The minimum Gasteiger partial charge on any atom is -0.369 e. The van der Waals surface area contributed by atoms with Crippen LogP contribution in [0.3, 0.4) is 0 Å². The lowest BCUT2D eigenvalue weighted by molar-refractivity contribution is -0.123. The van der Waals surface area contributed by atoms with E-state index in [2.05, 4.69) is 39.0 Å². The Kier molecular flexibility index (Phi) is 4.18. The van der Waals surface area contributed by atoms with Gasteiger partial charge in [0, 0.05) is 16.9 Å². The minimum absolute atomic E-state index is 0.0776. The van der Waals surface area contributed by atoms with Gasteiger partial charge in [0.05, 0.1) is 0 Å². The van der Waals surface area contributed by atoms with Crippen molar-refractivity contribution in [2.75, 3.05) is 13.1 Å². The number of hydrogen-bond donors (Lipinski definition) is 1. The monoisotopic (exact) mass is 296 g/mol. The molecule has 1 amide bonds. The van der Waals surface area contributed by atoms with E-state index in [4.69, 9.17) is 5.73 Å². The van der Waals surface area contributed by atoms with Gasteiger partial charge in [0.2, 0.25) is 5.91 Å². The van der Waals surface area contributed by atoms with Crippen molar-refractivity contribution < 1.29 is 4.79 Å². The lowest BCUT2D eigenvalue weighted by atomic mass is 9.96. The number of rotatable bonds is 3. The fourth-order valence-corrected chi connectivity index (χ4v) is 2.72. The Morgan fingerprint density at radius 2 is 2.12 bits per heavy atom. The van der Waals surface area contributed by atoms with E-state index >= 15 is 0 Å². The molecule has 0 atom stereocenters. The van der Waals surface area contributed by atoms with Gasteiger partial charge in [-0.3, -0.25) is 9.69 Å². The van der Waals surface area contributed by atoms with E-state index in [-0.39, 0.29) is 11.8 Å². The van der Waals surface area contributed by atoms with E-state index < -0.39 is 0 Å². The standard InChI is InChI=1S/C13H17BrN2O/c14-12-3-1-2-10(8-12)9-16-6-4-11(5-7-16)13(15)17/h1-3,8,11H,4-7,9H2,(H2,15,17). The molecule has 0 aliphatic carbocycles. The molecule has 0 radical (unpaired) electrons. The van der Waals surface area contributed by atoms with Crippen LogP contribution in [0, 0.1) is 5.92 Å². The van der Waals surface area contributed by atoms with Gasteiger partial charge in [-0.25, -0.2) is 0 Å². The molecule has 0 bridgehead atoms. The first-order valence-corrected chi connectivity index (χ1v) is 6.70. The fraction of sp³-hybridized carbons (Fsp3) is 0.462. The lowest BCUT2D eigenvalue weighted by Crippen LogP contribution is -2.38. The Morgan fingerprint density at radius 1 is 1.41 bits per heavy atom. The highest BCUT2D eigenvalue weighted by Gasteiger charge is 2.22. The van der Waals surface area contributed by atoms with Gasteiger partial charge >= 0.3 is 0 Å². The number of carbonyl (C=O) groups is 1. The van der Waals surface area contributed by atoms with E-state index in [9.17, 15) is 4.79 Å². The Hall–Kier alpha value is -0.870. The summed E-state index contributed by atoms with van der Waals surface area (Å²) in [5, 5.41) is 0. The van der Waals surface area contributed by atoms with Crippen molar-refractivity contribution in [3.8, 4) is 0 Å². The van der Waals surface area contributed by atoms with E-state index in [1.165, 1.54) is 5.56 Å². The van der Waals surface area contributed by atoms with E-state index in [0.717, 1.165) is 36.9 Å². The number of likely N-dealkylation sites (tertiary alicyclic amines) is 1. The molecule has 1 aliphatic rings. The molecule has 0 aromatic heterocycles. The highest BCUT2D eigenvalue weighted by molar-refractivity contribution is 9.10. The highest BCUT2D eigenvalue weighted by Crippen LogP contribution is 2.19. The molecule has 4 heteroatoms. The second-order valence-corrected chi connectivity index (χ2v) is 5.50. The number of benzene rings is 1. The predicted octanol–water partition coefficient (Wildman–Crippen LogP) is 2.15. The third-order valence-corrected chi connectivity index (χ3v) is 3.78. The molecule has 1 aliphatic heterocycles. The van der Waals surface area contributed by atoms with Crippen LogP contribution in [-0.2, 0) is 11.3 Å². The molecule has 2 N–H and O–H groups in total. The molecule has 3 nitrogen and oxygen atoms in total. The summed E-state index contributed by atoms with van der Waals surface area (Å²) in [7, 11) is 0. The molecule has 0 unspecified atom stereocenters. The van der Waals surface area contributed by atoms with Gasteiger partial charge < -0.3 is 5.73 Å². The quantitative estimate of drug-likeness (QED) is 0.929. The Labute approximate surface area is 110 Å². The van der Waals surface area contributed by atoms with Crippen LogP contribution in [-0.4, -0.2) is 23.9 Å². The second kappa shape index (κ2) is 5.65. The van der Waals surface area contributed by atoms with Crippen LogP contribution in [0.1, 0.15) is 18.4 Å². The number of halogens is 1. The minimum atomic E-state index is -0.146. The molecule has 1 saturated heterocycles. The first-order chi connectivity index (χ1) is 8.15. The van der Waals surface area contributed by atoms with Gasteiger partial charge in [-0.05, 0) is 43.6 Å². The van der Waals surface area contributed by atoms with Crippen LogP contribution in [0.15, 0.2) is 28.7 Å². The zero-order valence-corrected chi connectivity index (χ0v) is 11.3. The van der Waals surface area contributed by atoms with Gasteiger partial charge in [-0.1, -0.05) is 28.1 Å². The van der Waals surface area contributed by atoms with Crippen molar-refractivity contribution in [1.29, 1.82) is 0 Å². The van der Waals surface area contributed by atoms with Crippen molar-refractivity contribution >= 4 is 21.8 Å². The highest BCUT2D eigenvalue weighted by atomic mass is 79.9. The first kappa shape index (κ1) is 12.6. The number of piperidine rings is 1. The number of nitrogens with zero attached hydrogens (tertiary/aromatic N) is 1. The Balaban J connectivity index is 1.88. The molecule has 2 rings (SSSR count). The largest absolute Gasteiger partial charge is 0.369 e. The zero-order valence-electron chi connectivity index (χ0n) is 9.73. The van der Waals surface area contributed by atoms with Gasteiger partial charge in [0.25, 0.3) is 0 Å². The molecule has 92 valence electrons. The fourth-order valence-electron chi connectivity index (χ4n) is 2.27. The summed E-state index contributed by atoms with van der Waals surface area (Å²) in [6, 6.07) is 8.35. The molecular weight excluding hydrogens is 280 g/mol. The maximum atomic E-state index is 11.1. The summed E-state index contributed by atoms with van der Waals surface area (Å²) in [6.45, 7) is 2.87. The number of carbonyl (C=O) groups excluding carboxylic acids is 1. The summed E-state index contributed by atoms with van der Waals surface area (Å²) in [5.41, 5.74) is 6.62. The van der Waals surface area contributed by atoms with E-state index in [0.29, 0.717) is 0 Å². The average Bonchev–Trinajstić information content (AvgIpc) is 2.29. The smallest absolute Gasteiger partial charge is 0.220 e. The van der Waals surface area contributed by atoms with Crippen molar-refractivity contribution in [2.45, 2.75) is 19.4 Å². The van der Waals surface area contributed by atoms with Crippen LogP contribution >= 0.6 is 15.9 Å². The van der Waals surface area contributed by atoms with Gasteiger partial charge in [-0.2, -0.15) is 0 Å². The van der Waals surface area contributed by atoms with Crippen LogP contribution in [0.2, 0.25) is 0 Å². The van der Waals surface area contributed by atoms with Gasteiger partial charge in [0.1, 0.15) is 0 Å². The summed E-state index contributed by atoms with van der Waals surface area (Å²) in [6.07, 6.45) is 1.78. The number of nitrogens with two attached hydrogens (primary N) is 1. The van der Waals surface area contributed by atoms with E-state index in [1.807, 2.05) is 6.07 Å². The summed E-state index contributed by atoms with van der Waals surface area (Å²) in [4.78, 5) is 13.4. The van der Waals surface area contributed by atoms with Crippen LogP contribution < -0.4 is 5.73 Å². The maximum absolute atomic E-state index is 11.1. The zero-order chi connectivity index (χ0) is 12.3. The molecule has 0 spiro atoms. The Morgan fingerprint density at radius 3 is 2.71 bits per heavy atom. The number of primary amides is 1. The topological polar surface area (TPSA) is 46.3 Å². The van der Waals surface area contributed by atoms with Crippen molar-refractivity contribution in [3.05, 3.63) is 34.3 Å². The molecule has 1 fully saturated rings.